The van der Waals surface area contributed by atoms with Gasteiger partial charge in [-0.3, -0.25) is 14.9 Å². The lowest BCUT2D eigenvalue weighted by Gasteiger charge is -2.25. The fraction of sp³-hybridized carbons (Fsp3) is 0.350. The Morgan fingerprint density at radius 1 is 1.15 bits per heavy atom. The number of aromatic nitrogens is 2. The second-order valence-corrected chi connectivity index (χ2v) is 6.83. The first kappa shape index (κ1) is 17.3. The van der Waals surface area contributed by atoms with Crippen LogP contribution in [0.4, 0.5) is 5.95 Å². The third kappa shape index (κ3) is 3.72. The molecule has 4 rings (SSSR count). The van der Waals surface area contributed by atoms with E-state index in [0.717, 1.165) is 23.9 Å². The molecule has 0 radical (unpaired) electrons. The van der Waals surface area contributed by atoms with E-state index in [1.54, 1.807) is 6.07 Å². The number of para-hydroxylation sites is 2. The van der Waals surface area contributed by atoms with Gasteiger partial charge in [0, 0.05) is 6.04 Å². The molecule has 0 saturated heterocycles. The Morgan fingerprint density at radius 3 is 2.74 bits per heavy atom. The molecule has 2 heterocycles. The highest BCUT2D eigenvalue weighted by Crippen LogP contribution is 2.34. The van der Waals surface area contributed by atoms with Gasteiger partial charge in [0.15, 0.2) is 0 Å². The standard InChI is InChI=1S/C20H22N4O3/c25-18(12-21-19(26)14-10-11-27-13-14)23-20-22-16-8-4-5-9-17(16)24(20)15-6-2-1-3-7-15/h4-5,8-11,13,15H,1-3,6-7,12H2,(H,21,26)(H,22,23,25). The zero-order valence-electron chi connectivity index (χ0n) is 15.0. The molecule has 1 aliphatic rings. The van der Waals surface area contributed by atoms with Gasteiger partial charge in [-0.25, -0.2) is 4.98 Å². The van der Waals surface area contributed by atoms with Crippen LogP contribution in [0.2, 0.25) is 0 Å². The van der Waals surface area contributed by atoms with E-state index < -0.39 is 0 Å². The monoisotopic (exact) mass is 366 g/mol. The maximum atomic E-state index is 12.4. The van der Waals surface area contributed by atoms with Gasteiger partial charge >= 0.3 is 0 Å². The van der Waals surface area contributed by atoms with E-state index in [0.29, 0.717) is 17.6 Å². The highest BCUT2D eigenvalue weighted by Gasteiger charge is 2.22. The smallest absolute Gasteiger partial charge is 0.254 e. The maximum absolute atomic E-state index is 12.4. The topological polar surface area (TPSA) is 89.2 Å². The first-order valence-electron chi connectivity index (χ1n) is 9.29. The third-order valence-electron chi connectivity index (χ3n) is 4.98. The predicted octanol–water partition coefficient (Wildman–Crippen LogP) is 3.50. The molecule has 2 amide bonds. The van der Waals surface area contributed by atoms with Gasteiger partial charge in [0.25, 0.3) is 5.91 Å². The van der Waals surface area contributed by atoms with Gasteiger partial charge in [-0.2, -0.15) is 0 Å². The minimum absolute atomic E-state index is 0.127. The van der Waals surface area contributed by atoms with Gasteiger partial charge in [0.05, 0.1) is 29.4 Å². The summed E-state index contributed by atoms with van der Waals surface area (Å²) in [6, 6.07) is 9.80. The third-order valence-corrected chi connectivity index (χ3v) is 4.98. The number of amides is 2. The number of carbonyl (C=O) groups is 2. The van der Waals surface area contributed by atoms with Gasteiger partial charge in [-0.15, -0.1) is 0 Å². The summed E-state index contributed by atoms with van der Waals surface area (Å²) in [7, 11) is 0. The second kappa shape index (κ2) is 7.65. The lowest BCUT2D eigenvalue weighted by molar-refractivity contribution is -0.115. The van der Waals surface area contributed by atoms with E-state index in [9.17, 15) is 9.59 Å². The van der Waals surface area contributed by atoms with Gasteiger partial charge in [0.2, 0.25) is 11.9 Å². The molecule has 3 aromatic rings. The summed E-state index contributed by atoms with van der Waals surface area (Å²) in [6.07, 6.45) is 8.56. The average Bonchev–Trinajstić information content (AvgIpc) is 3.34. The number of furan rings is 1. The molecule has 1 aliphatic carbocycles. The summed E-state index contributed by atoms with van der Waals surface area (Å²) < 4.78 is 7.02. The van der Waals surface area contributed by atoms with E-state index in [1.807, 2.05) is 24.3 Å². The van der Waals surface area contributed by atoms with Crippen LogP contribution in [0.15, 0.2) is 47.3 Å². The van der Waals surface area contributed by atoms with Crippen LogP contribution in [0.3, 0.4) is 0 Å². The van der Waals surface area contributed by atoms with Crippen molar-refractivity contribution >= 4 is 28.8 Å². The van der Waals surface area contributed by atoms with Crippen LogP contribution in [0.5, 0.6) is 0 Å². The molecular weight excluding hydrogens is 344 g/mol. The molecule has 1 aromatic carbocycles. The van der Waals surface area contributed by atoms with Crippen molar-refractivity contribution in [2.75, 3.05) is 11.9 Å². The Hall–Kier alpha value is -3.09. The molecule has 0 atom stereocenters. The molecule has 2 N–H and O–H groups in total. The molecule has 2 aromatic heterocycles. The number of fused-ring (bicyclic) bond motifs is 1. The van der Waals surface area contributed by atoms with E-state index in [2.05, 4.69) is 20.2 Å². The molecule has 7 nitrogen and oxygen atoms in total. The van der Waals surface area contributed by atoms with Crippen LogP contribution >= 0.6 is 0 Å². The van der Waals surface area contributed by atoms with Crippen LogP contribution in [0, 0.1) is 0 Å². The Morgan fingerprint density at radius 2 is 1.96 bits per heavy atom. The van der Waals surface area contributed by atoms with Crippen LogP contribution in [-0.4, -0.2) is 27.9 Å². The fourth-order valence-corrected chi connectivity index (χ4v) is 3.67. The number of hydrogen-bond donors (Lipinski definition) is 2. The van der Waals surface area contributed by atoms with Crippen molar-refractivity contribution in [2.24, 2.45) is 0 Å². The highest BCUT2D eigenvalue weighted by atomic mass is 16.3. The van der Waals surface area contributed by atoms with Crippen molar-refractivity contribution in [3.8, 4) is 0 Å². The highest BCUT2D eigenvalue weighted by molar-refractivity contribution is 5.99. The van der Waals surface area contributed by atoms with E-state index in [-0.39, 0.29) is 18.4 Å². The number of nitrogens with one attached hydrogen (secondary N) is 2. The van der Waals surface area contributed by atoms with Crippen molar-refractivity contribution in [3.05, 3.63) is 48.4 Å². The fourth-order valence-electron chi connectivity index (χ4n) is 3.67. The number of carbonyl (C=O) groups excluding carboxylic acids is 2. The van der Waals surface area contributed by atoms with Crippen molar-refractivity contribution in [3.63, 3.8) is 0 Å². The maximum Gasteiger partial charge on any atom is 0.254 e. The number of rotatable bonds is 5. The van der Waals surface area contributed by atoms with Crippen LogP contribution < -0.4 is 10.6 Å². The Kier molecular flexibility index (Phi) is 4.91. The summed E-state index contributed by atoms with van der Waals surface area (Å²) in [5.74, 6) is -0.107. The van der Waals surface area contributed by atoms with Gasteiger partial charge < -0.3 is 14.3 Å². The SMILES string of the molecule is O=C(CNC(=O)c1ccoc1)Nc1nc2ccccc2n1C1CCCCC1. The number of benzene rings is 1. The molecular formula is C20H22N4O3. The Bertz CT molecular complexity index is 939. The quantitative estimate of drug-likeness (QED) is 0.723. The average molecular weight is 366 g/mol. The van der Waals surface area contributed by atoms with Crippen molar-refractivity contribution < 1.29 is 14.0 Å². The van der Waals surface area contributed by atoms with Gasteiger partial charge in [-0.1, -0.05) is 31.4 Å². The van der Waals surface area contributed by atoms with Crippen molar-refractivity contribution in [1.29, 1.82) is 0 Å². The summed E-state index contributed by atoms with van der Waals surface area (Å²) in [5.41, 5.74) is 2.28. The molecule has 0 spiro atoms. The molecule has 7 heteroatoms. The largest absolute Gasteiger partial charge is 0.472 e. The van der Waals surface area contributed by atoms with Crippen LogP contribution in [-0.2, 0) is 4.79 Å². The van der Waals surface area contributed by atoms with E-state index >= 15 is 0 Å². The molecule has 27 heavy (non-hydrogen) atoms. The zero-order valence-corrected chi connectivity index (χ0v) is 15.0. The second-order valence-electron chi connectivity index (χ2n) is 6.83. The van der Waals surface area contributed by atoms with Gasteiger partial charge in [-0.05, 0) is 31.0 Å². The molecule has 0 bridgehead atoms. The summed E-state index contributed by atoms with van der Waals surface area (Å²) in [4.78, 5) is 28.9. The number of hydrogen-bond acceptors (Lipinski definition) is 4. The summed E-state index contributed by atoms with van der Waals surface area (Å²) >= 11 is 0. The number of nitrogens with zero attached hydrogens (tertiary/aromatic N) is 2. The molecule has 1 saturated carbocycles. The minimum atomic E-state index is -0.348. The predicted molar refractivity (Wildman–Crippen MR) is 102 cm³/mol. The summed E-state index contributed by atoms with van der Waals surface area (Å²) in [5, 5.41) is 5.46. The first-order valence-corrected chi connectivity index (χ1v) is 9.29. The zero-order chi connectivity index (χ0) is 18.6. The van der Waals surface area contributed by atoms with E-state index in [1.165, 1.54) is 31.8 Å². The van der Waals surface area contributed by atoms with Crippen molar-refractivity contribution in [1.82, 2.24) is 14.9 Å². The van der Waals surface area contributed by atoms with E-state index in [4.69, 9.17) is 4.42 Å². The van der Waals surface area contributed by atoms with Crippen molar-refractivity contribution in [2.45, 2.75) is 38.1 Å². The number of imidazole rings is 1. The molecule has 1 fully saturated rings. The van der Waals surface area contributed by atoms with Gasteiger partial charge in [0.1, 0.15) is 6.26 Å². The van der Waals surface area contributed by atoms with Crippen LogP contribution in [0.25, 0.3) is 11.0 Å². The Balaban J connectivity index is 1.50. The number of anilines is 1. The molecule has 0 aliphatic heterocycles. The minimum Gasteiger partial charge on any atom is -0.472 e. The first-order chi connectivity index (χ1) is 13.2. The summed E-state index contributed by atoms with van der Waals surface area (Å²) in [6.45, 7) is -0.127. The normalized spacial score (nSPS) is 15.0. The Labute approximate surface area is 156 Å². The molecule has 140 valence electrons. The lowest BCUT2D eigenvalue weighted by atomic mass is 9.95. The van der Waals surface area contributed by atoms with Crippen LogP contribution in [0.1, 0.15) is 48.5 Å². The molecule has 0 unspecified atom stereocenters. The lowest BCUT2D eigenvalue weighted by Crippen LogP contribution is -2.33.